The highest BCUT2D eigenvalue weighted by molar-refractivity contribution is 7.89. The van der Waals surface area contributed by atoms with Gasteiger partial charge in [-0.1, -0.05) is 6.92 Å². The van der Waals surface area contributed by atoms with Gasteiger partial charge in [0.25, 0.3) is 0 Å². The lowest BCUT2D eigenvalue weighted by atomic mass is 9.96. The van der Waals surface area contributed by atoms with Crippen molar-refractivity contribution >= 4 is 16.0 Å². The van der Waals surface area contributed by atoms with Crippen LogP contribution in [-0.2, 0) is 14.8 Å². The summed E-state index contributed by atoms with van der Waals surface area (Å²) in [5.41, 5.74) is 0.943. The number of hydrogen-bond acceptors (Lipinski definition) is 5. The molecule has 0 aliphatic carbocycles. The fourth-order valence-electron chi connectivity index (χ4n) is 2.56. The molecule has 0 aromatic heterocycles. The van der Waals surface area contributed by atoms with Gasteiger partial charge in [-0.15, -0.1) is 0 Å². The predicted molar refractivity (Wildman–Crippen MR) is 83.3 cm³/mol. The van der Waals surface area contributed by atoms with Crippen molar-refractivity contribution in [2.24, 2.45) is 5.92 Å². The summed E-state index contributed by atoms with van der Waals surface area (Å²) in [5, 5.41) is 3.19. The van der Waals surface area contributed by atoms with Gasteiger partial charge >= 0.3 is 5.97 Å². The van der Waals surface area contributed by atoms with E-state index in [9.17, 15) is 13.2 Å². The molecular weight excluding hydrogens is 304 g/mol. The van der Waals surface area contributed by atoms with Gasteiger partial charge in [-0.3, -0.25) is 0 Å². The Balaban J connectivity index is 2.22. The van der Waals surface area contributed by atoms with Crippen LogP contribution in [0.1, 0.15) is 29.3 Å². The molecule has 0 saturated carbocycles. The minimum atomic E-state index is -3.61. The van der Waals surface area contributed by atoms with Gasteiger partial charge in [-0.25, -0.2) is 17.9 Å². The Morgan fingerprint density at radius 3 is 2.73 bits per heavy atom. The highest BCUT2D eigenvalue weighted by Crippen LogP contribution is 2.19. The minimum absolute atomic E-state index is 0.126. The third kappa shape index (κ3) is 3.66. The van der Waals surface area contributed by atoms with Crippen LogP contribution in [0.4, 0.5) is 0 Å². The Morgan fingerprint density at radius 1 is 1.41 bits per heavy atom. The molecule has 0 spiro atoms. The van der Waals surface area contributed by atoms with Gasteiger partial charge in [0.1, 0.15) is 0 Å². The first-order valence-corrected chi connectivity index (χ1v) is 8.75. The minimum Gasteiger partial charge on any atom is -0.465 e. The quantitative estimate of drug-likeness (QED) is 0.808. The fourth-order valence-corrected chi connectivity index (χ4v) is 3.99. The molecule has 6 nitrogen and oxygen atoms in total. The summed E-state index contributed by atoms with van der Waals surface area (Å²) in [7, 11) is -2.31. The van der Waals surface area contributed by atoms with Crippen LogP contribution < -0.4 is 10.0 Å². The molecule has 1 saturated heterocycles. The first kappa shape index (κ1) is 16.9. The summed E-state index contributed by atoms with van der Waals surface area (Å²) >= 11 is 0. The number of aryl methyl sites for hydroxylation is 1. The monoisotopic (exact) mass is 326 g/mol. The molecule has 1 aliphatic rings. The SMILES string of the molecule is COC(=O)c1ccc(S(=O)(=O)NC2CNCCC2C)cc1C. The van der Waals surface area contributed by atoms with Gasteiger partial charge in [0.05, 0.1) is 17.6 Å². The van der Waals surface area contributed by atoms with Crippen molar-refractivity contribution in [2.75, 3.05) is 20.2 Å². The van der Waals surface area contributed by atoms with Crippen LogP contribution in [0, 0.1) is 12.8 Å². The summed E-state index contributed by atoms with van der Waals surface area (Å²) in [5.74, 6) is -0.189. The third-order valence-electron chi connectivity index (χ3n) is 4.05. The van der Waals surface area contributed by atoms with Crippen LogP contribution in [0.3, 0.4) is 0 Å². The molecule has 2 rings (SSSR count). The van der Waals surface area contributed by atoms with Gasteiger partial charge in [0, 0.05) is 12.6 Å². The van der Waals surface area contributed by atoms with Gasteiger partial charge < -0.3 is 10.1 Å². The first-order valence-electron chi connectivity index (χ1n) is 7.27. The normalized spacial score (nSPS) is 22.3. The molecule has 7 heteroatoms. The van der Waals surface area contributed by atoms with E-state index >= 15 is 0 Å². The molecule has 0 amide bonds. The highest BCUT2D eigenvalue weighted by atomic mass is 32.2. The highest BCUT2D eigenvalue weighted by Gasteiger charge is 2.27. The lowest BCUT2D eigenvalue weighted by Crippen LogP contribution is -2.50. The Labute approximate surface area is 131 Å². The molecule has 22 heavy (non-hydrogen) atoms. The van der Waals surface area contributed by atoms with Crippen molar-refractivity contribution in [2.45, 2.75) is 31.2 Å². The van der Waals surface area contributed by atoms with E-state index in [0.717, 1.165) is 13.0 Å². The summed E-state index contributed by atoms with van der Waals surface area (Å²) < 4.78 is 32.4. The van der Waals surface area contributed by atoms with Crippen LogP contribution in [0.5, 0.6) is 0 Å². The van der Waals surface area contributed by atoms with Crippen LogP contribution in [0.15, 0.2) is 23.1 Å². The predicted octanol–water partition coefficient (Wildman–Crippen LogP) is 1.06. The van der Waals surface area contributed by atoms with E-state index in [-0.39, 0.29) is 16.9 Å². The standard InChI is InChI=1S/C15H22N2O4S/c1-10-6-7-16-9-14(10)17-22(19,20)12-4-5-13(11(2)8-12)15(18)21-3/h4-5,8,10,14,16-17H,6-7,9H2,1-3H3. The largest absolute Gasteiger partial charge is 0.465 e. The third-order valence-corrected chi connectivity index (χ3v) is 5.54. The molecule has 2 N–H and O–H groups in total. The number of carbonyl (C=O) groups is 1. The van der Waals surface area contributed by atoms with Crippen LogP contribution in [0.2, 0.25) is 0 Å². The number of esters is 1. The molecule has 0 radical (unpaired) electrons. The van der Waals surface area contributed by atoms with Crippen LogP contribution >= 0.6 is 0 Å². The topological polar surface area (TPSA) is 84.5 Å². The second kappa shape index (κ2) is 6.76. The van der Waals surface area contributed by atoms with Crippen molar-refractivity contribution in [1.82, 2.24) is 10.0 Å². The van der Waals surface area contributed by atoms with E-state index in [2.05, 4.69) is 14.8 Å². The van der Waals surface area contributed by atoms with Gasteiger partial charge in [0.2, 0.25) is 10.0 Å². The second-order valence-corrected chi connectivity index (χ2v) is 7.38. The number of methoxy groups -OCH3 is 1. The summed E-state index contributed by atoms with van der Waals surface area (Å²) in [6.07, 6.45) is 0.938. The first-order chi connectivity index (χ1) is 10.3. The van der Waals surface area contributed by atoms with Crippen LogP contribution in [0.25, 0.3) is 0 Å². The molecule has 1 aromatic rings. The lowest BCUT2D eigenvalue weighted by molar-refractivity contribution is 0.0600. The van der Waals surface area contributed by atoms with Gasteiger partial charge in [0.15, 0.2) is 0 Å². The Hall–Kier alpha value is -1.44. The van der Waals surface area contributed by atoms with Gasteiger partial charge in [-0.05, 0) is 49.6 Å². The maximum Gasteiger partial charge on any atom is 0.338 e. The number of hydrogen-bond donors (Lipinski definition) is 2. The molecule has 2 atom stereocenters. The molecule has 1 fully saturated rings. The zero-order valence-corrected chi connectivity index (χ0v) is 13.9. The van der Waals surface area contributed by atoms with Crippen molar-refractivity contribution in [3.05, 3.63) is 29.3 Å². The number of benzene rings is 1. The van der Waals surface area contributed by atoms with E-state index in [0.29, 0.717) is 17.7 Å². The smallest absolute Gasteiger partial charge is 0.338 e. The van der Waals surface area contributed by atoms with Gasteiger partial charge in [-0.2, -0.15) is 0 Å². The number of sulfonamides is 1. The number of carbonyl (C=O) groups excluding carboxylic acids is 1. The summed E-state index contributed by atoms with van der Waals surface area (Å²) in [6, 6.07) is 4.29. The number of nitrogens with one attached hydrogen (secondary N) is 2. The van der Waals surface area contributed by atoms with E-state index in [1.54, 1.807) is 6.92 Å². The lowest BCUT2D eigenvalue weighted by Gasteiger charge is -2.30. The van der Waals surface area contributed by atoms with E-state index in [1.165, 1.54) is 25.3 Å². The summed E-state index contributed by atoms with van der Waals surface area (Å²) in [4.78, 5) is 11.7. The maximum atomic E-state index is 12.5. The Bertz CT molecular complexity index is 658. The van der Waals surface area contributed by atoms with E-state index in [1.807, 2.05) is 6.92 Å². The zero-order chi connectivity index (χ0) is 16.3. The van der Waals surface area contributed by atoms with Crippen molar-refractivity contribution in [1.29, 1.82) is 0 Å². The Morgan fingerprint density at radius 2 is 2.14 bits per heavy atom. The molecule has 1 aliphatic heterocycles. The number of rotatable bonds is 4. The maximum absolute atomic E-state index is 12.5. The molecule has 1 aromatic carbocycles. The van der Waals surface area contributed by atoms with E-state index < -0.39 is 16.0 Å². The molecule has 122 valence electrons. The molecule has 0 bridgehead atoms. The Kier molecular flexibility index (Phi) is 5.20. The second-order valence-electron chi connectivity index (χ2n) is 5.67. The number of piperidine rings is 1. The molecule has 1 heterocycles. The van der Waals surface area contributed by atoms with Crippen molar-refractivity contribution < 1.29 is 17.9 Å². The summed E-state index contributed by atoms with van der Waals surface area (Å²) in [6.45, 7) is 5.27. The molecular formula is C15H22N2O4S. The number of ether oxygens (including phenoxy) is 1. The van der Waals surface area contributed by atoms with Crippen molar-refractivity contribution in [3.8, 4) is 0 Å². The van der Waals surface area contributed by atoms with Crippen molar-refractivity contribution in [3.63, 3.8) is 0 Å². The van der Waals surface area contributed by atoms with Crippen LogP contribution in [-0.4, -0.2) is 40.6 Å². The average molecular weight is 326 g/mol. The van der Waals surface area contributed by atoms with E-state index in [4.69, 9.17) is 0 Å². The zero-order valence-electron chi connectivity index (χ0n) is 13.0. The fraction of sp³-hybridized carbons (Fsp3) is 0.533. The molecule has 2 unspecified atom stereocenters. The average Bonchev–Trinajstić information content (AvgIpc) is 2.48.